The zero-order chi connectivity index (χ0) is 17.6. The van der Waals surface area contributed by atoms with Crippen LogP contribution >= 0.6 is 0 Å². The van der Waals surface area contributed by atoms with Gasteiger partial charge in [0.25, 0.3) is 0 Å². The van der Waals surface area contributed by atoms with E-state index < -0.39 is 0 Å². The van der Waals surface area contributed by atoms with Gasteiger partial charge in [0.2, 0.25) is 5.91 Å². The molecule has 132 valence electrons. The number of rotatable bonds is 6. The van der Waals surface area contributed by atoms with E-state index in [1.54, 1.807) is 14.2 Å². The highest BCUT2D eigenvalue weighted by Crippen LogP contribution is 2.28. The van der Waals surface area contributed by atoms with Gasteiger partial charge in [0.1, 0.15) is 0 Å². The van der Waals surface area contributed by atoms with Crippen molar-refractivity contribution in [1.82, 2.24) is 0 Å². The molecule has 0 aliphatic carbocycles. The molecule has 1 amide bonds. The van der Waals surface area contributed by atoms with Crippen LogP contribution in [0.3, 0.4) is 0 Å². The Labute approximate surface area is 148 Å². The van der Waals surface area contributed by atoms with E-state index in [2.05, 4.69) is 22.3 Å². The summed E-state index contributed by atoms with van der Waals surface area (Å²) in [6.07, 6.45) is 2.79. The minimum atomic E-state index is -0.0545. The van der Waals surface area contributed by atoms with Crippen molar-refractivity contribution in [2.75, 3.05) is 37.5 Å². The predicted molar refractivity (Wildman–Crippen MR) is 99.8 cm³/mol. The molecule has 1 saturated heterocycles. The van der Waals surface area contributed by atoms with Crippen molar-refractivity contribution in [3.05, 3.63) is 48.0 Å². The van der Waals surface area contributed by atoms with Gasteiger partial charge in [-0.05, 0) is 54.8 Å². The molecule has 2 aromatic carbocycles. The van der Waals surface area contributed by atoms with E-state index in [9.17, 15) is 4.79 Å². The highest BCUT2D eigenvalue weighted by molar-refractivity contribution is 5.92. The molecule has 1 N–H and O–H groups in total. The van der Waals surface area contributed by atoms with Crippen LogP contribution in [-0.4, -0.2) is 33.2 Å². The fourth-order valence-corrected chi connectivity index (χ4v) is 3.11. The molecule has 0 bridgehead atoms. The number of nitrogens with zero attached hydrogens (tertiary/aromatic N) is 1. The summed E-state index contributed by atoms with van der Waals surface area (Å²) in [5.74, 6) is 1.23. The van der Waals surface area contributed by atoms with E-state index in [1.807, 2.05) is 30.3 Å². The molecule has 2 aromatic rings. The van der Waals surface area contributed by atoms with Crippen molar-refractivity contribution in [2.24, 2.45) is 0 Å². The van der Waals surface area contributed by atoms with Crippen molar-refractivity contribution in [3.8, 4) is 11.5 Å². The fourth-order valence-electron chi connectivity index (χ4n) is 3.11. The number of carbonyl (C=O) groups excluding carboxylic acids is 1. The van der Waals surface area contributed by atoms with Crippen LogP contribution in [0.2, 0.25) is 0 Å². The van der Waals surface area contributed by atoms with Crippen molar-refractivity contribution in [3.63, 3.8) is 0 Å². The number of hydrogen-bond acceptors (Lipinski definition) is 4. The second kappa shape index (κ2) is 7.92. The van der Waals surface area contributed by atoms with Gasteiger partial charge in [0.05, 0.1) is 20.6 Å². The minimum absolute atomic E-state index is 0.0545. The molecule has 0 atom stereocenters. The lowest BCUT2D eigenvalue weighted by Gasteiger charge is -2.17. The lowest BCUT2D eigenvalue weighted by atomic mass is 10.1. The number of ether oxygens (including phenoxy) is 2. The number of amides is 1. The van der Waals surface area contributed by atoms with Crippen molar-refractivity contribution in [2.45, 2.75) is 19.3 Å². The second-order valence-electron chi connectivity index (χ2n) is 6.16. The molecular weight excluding hydrogens is 316 g/mol. The Hall–Kier alpha value is -2.69. The van der Waals surface area contributed by atoms with Crippen LogP contribution in [0.5, 0.6) is 11.5 Å². The molecule has 0 aromatic heterocycles. The number of benzene rings is 2. The molecule has 0 radical (unpaired) electrons. The molecule has 1 heterocycles. The molecule has 5 nitrogen and oxygen atoms in total. The normalized spacial score (nSPS) is 13.6. The molecule has 0 spiro atoms. The third-order valence-electron chi connectivity index (χ3n) is 4.43. The summed E-state index contributed by atoms with van der Waals surface area (Å²) in [4.78, 5) is 14.7. The average Bonchev–Trinajstić information content (AvgIpc) is 3.17. The van der Waals surface area contributed by atoms with Crippen LogP contribution in [0.25, 0.3) is 0 Å². The maximum Gasteiger partial charge on any atom is 0.228 e. The Morgan fingerprint density at radius 1 is 1.00 bits per heavy atom. The largest absolute Gasteiger partial charge is 0.493 e. The fraction of sp³-hybridized carbons (Fsp3) is 0.350. The Morgan fingerprint density at radius 2 is 1.68 bits per heavy atom. The Morgan fingerprint density at radius 3 is 2.32 bits per heavy atom. The molecule has 1 aliphatic heterocycles. The van der Waals surface area contributed by atoms with Gasteiger partial charge < -0.3 is 19.7 Å². The lowest BCUT2D eigenvalue weighted by Crippen LogP contribution is -2.18. The number of anilines is 2. The predicted octanol–water partition coefficient (Wildman–Crippen LogP) is 3.49. The summed E-state index contributed by atoms with van der Waals surface area (Å²) in [5, 5.41) is 2.94. The summed E-state index contributed by atoms with van der Waals surface area (Å²) in [6, 6.07) is 13.6. The molecule has 5 heteroatoms. The third kappa shape index (κ3) is 4.24. The molecule has 0 saturated carbocycles. The summed E-state index contributed by atoms with van der Waals surface area (Å²) in [5.41, 5.74) is 2.91. The Kier molecular flexibility index (Phi) is 5.43. The molecular formula is C20H24N2O3. The van der Waals surface area contributed by atoms with Crippen LogP contribution < -0.4 is 19.7 Å². The first kappa shape index (κ1) is 17.1. The number of nitrogens with one attached hydrogen (secondary N) is 1. The first-order chi connectivity index (χ1) is 12.2. The SMILES string of the molecule is COc1ccc(CC(=O)Nc2ccc(N3CCCC3)cc2)cc1OC. The van der Waals surface area contributed by atoms with Crippen LogP contribution in [0, 0.1) is 0 Å². The Bertz CT molecular complexity index is 722. The van der Waals surface area contributed by atoms with E-state index in [4.69, 9.17) is 9.47 Å². The van der Waals surface area contributed by atoms with Crippen LogP contribution in [-0.2, 0) is 11.2 Å². The standard InChI is InChI=1S/C20H24N2O3/c1-24-18-10-5-15(13-19(18)25-2)14-20(23)21-16-6-8-17(9-7-16)22-11-3-4-12-22/h5-10,13H,3-4,11-12,14H2,1-2H3,(H,21,23). The van der Waals surface area contributed by atoms with Gasteiger partial charge in [-0.3, -0.25) is 4.79 Å². The summed E-state index contributed by atoms with van der Waals surface area (Å²) < 4.78 is 10.5. The van der Waals surface area contributed by atoms with Gasteiger partial charge in [-0.25, -0.2) is 0 Å². The van der Waals surface area contributed by atoms with Gasteiger partial charge in [0, 0.05) is 24.5 Å². The summed E-state index contributed by atoms with van der Waals surface area (Å²) >= 11 is 0. The quantitative estimate of drug-likeness (QED) is 0.875. The van der Waals surface area contributed by atoms with Crippen molar-refractivity contribution in [1.29, 1.82) is 0 Å². The van der Waals surface area contributed by atoms with Crippen LogP contribution in [0.15, 0.2) is 42.5 Å². The van der Waals surface area contributed by atoms with E-state index in [-0.39, 0.29) is 12.3 Å². The summed E-state index contributed by atoms with van der Waals surface area (Å²) in [7, 11) is 3.18. The first-order valence-electron chi connectivity index (χ1n) is 8.55. The summed E-state index contributed by atoms with van der Waals surface area (Å²) in [6.45, 7) is 2.23. The van der Waals surface area contributed by atoms with E-state index in [1.165, 1.54) is 18.5 Å². The smallest absolute Gasteiger partial charge is 0.228 e. The van der Waals surface area contributed by atoms with Crippen molar-refractivity contribution >= 4 is 17.3 Å². The zero-order valence-corrected chi connectivity index (χ0v) is 14.7. The monoisotopic (exact) mass is 340 g/mol. The van der Waals surface area contributed by atoms with E-state index >= 15 is 0 Å². The molecule has 0 unspecified atom stereocenters. The number of carbonyl (C=O) groups is 1. The lowest BCUT2D eigenvalue weighted by molar-refractivity contribution is -0.115. The molecule has 3 rings (SSSR count). The van der Waals surface area contributed by atoms with Crippen molar-refractivity contribution < 1.29 is 14.3 Å². The molecule has 25 heavy (non-hydrogen) atoms. The van der Waals surface area contributed by atoms with E-state index in [0.29, 0.717) is 11.5 Å². The minimum Gasteiger partial charge on any atom is -0.493 e. The highest BCUT2D eigenvalue weighted by atomic mass is 16.5. The van der Waals surface area contributed by atoms with E-state index in [0.717, 1.165) is 24.3 Å². The maximum atomic E-state index is 12.3. The van der Waals surface area contributed by atoms with Gasteiger partial charge in [-0.2, -0.15) is 0 Å². The maximum absolute atomic E-state index is 12.3. The van der Waals surface area contributed by atoms with Crippen LogP contribution in [0.1, 0.15) is 18.4 Å². The number of methoxy groups -OCH3 is 2. The zero-order valence-electron chi connectivity index (χ0n) is 14.7. The highest BCUT2D eigenvalue weighted by Gasteiger charge is 2.12. The van der Waals surface area contributed by atoms with Gasteiger partial charge in [0.15, 0.2) is 11.5 Å². The average molecular weight is 340 g/mol. The first-order valence-corrected chi connectivity index (χ1v) is 8.55. The third-order valence-corrected chi connectivity index (χ3v) is 4.43. The second-order valence-corrected chi connectivity index (χ2v) is 6.16. The topological polar surface area (TPSA) is 50.8 Å². The van der Waals surface area contributed by atoms with Gasteiger partial charge in [-0.1, -0.05) is 6.07 Å². The van der Waals surface area contributed by atoms with Gasteiger partial charge >= 0.3 is 0 Å². The van der Waals surface area contributed by atoms with Crippen LogP contribution in [0.4, 0.5) is 11.4 Å². The number of hydrogen-bond donors (Lipinski definition) is 1. The molecule has 1 aliphatic rings. The Balaban J connectivity index is 1.60. The molecule has 1 fully saturated rings. The van der Waals surface area contributed by atoms with Gasteiger partial charge in [-0.15, -0.1) is 0 Å².